The van der Waals surface area contributed by atoms with Gasteiger partial charge in [-0.2, -0.15) is 0 Å². The van der Waals surface area contributed by atoms with Crippen molar-refractivity contribution in [2.45, 2.75) is 31.2 Å². The van der Waals surface area contributed by atoms with Gasteiger partial charge in [0.1, 0.15) is 0 Å². The Labute approximate surface area is 90.3 Å². The van der Waals surface area contributed by atoms with E-state index in [1.54, 1.807) is 0 Å². The molecule has 2 atom stereocenters. The SMILES string of the molecule is CCC(C)C(N)CSc1ccncc1. The minimum Gasteiger partial charge on any atom is -0.327 e. The van der Waals surface area contributed by atoms with E-state index in [0.717, 1.165) is 12.2 Å². The van der Waals surface area contributed by atoms with Crippen molar-refractivity contribution in [1.29, 1.82) is 0 Å². The number of aromatic nitrogens is 1. The number of hydrogen-bond donors (Lipinski definition) is 1. The van der Waals surface area contributed by atoms with Crippen LogP contribution in [0.2, 0.25) is 0 Å². The molecule has 1 rings (SSSR count). The van der Waals surface area contributed by atoms with Crippen LogP contribution < -0.4 is 5.73 Å². The van der Waals surface area contributed by atoms with Crippen LogP contribution >= 0.6 is 11.8 Å². The Balaban J connectivity index is 2.34. The first-order valence-corrected chi connectivity index (χ1v) is 6.01. The predicted molar refractivity (Wildman–Crippen MR) is 62.4 cm³/mol. The summed E-state index contributed by atoms with van der Waals surface area (Å²) < 4.78 is 0. The topological polar surface area (TPSA) is 38.9 Å². The second-order valence-electron chi connectivity index (χ2n) is 3.54. The number of nitrogens with zero attached hydrogens (tertiary/aromatic N) is 1. The molecule has 1 heterocycles. The first-order valence-electron chi connectivity index (χ1n) is 5.02. The molecule has 0 radical (unpaired) electrons. The molecule has 0 fully saturated rings. The standard InChI is InChI=1S/C11H18N2S/c1-3-9(2)11(12)8-14-10-4-6-13-7-5-10/h4-7,9,11H,3,8,12H2,1-2H3. The fourth-order valence-electron chi connectivity index (χ4n) is 1.09. The second kappa shape index (κ2) is 6.04. The summed E-state index contributed by atoms with van der Waals surface area (Å²) in [5.74, 6) is 1.59. The van der Waals surface area contributed by atoms with E-state index in [4.69, 9.17) is 5.73 Å². The van der Waals surface area contributed by atoms with E-state index in [9.17, 15) is 0 Å². The molecule has 0 aliphatic heterocycles. The van der Waals surface area contributed by atoms with Gasteiger partial charge in [-0.05, 0) is 18.1 Å². The molecule has 0 aromatic carbocycles. The van der Waals surface area contributed by atoms with Crippen molar-refractivity contribution in [1.82, 2.24) is 4.98 Å². The summed E-state index contributed by atoms with van der Waals surface area (Å²) in [4.78, 5) is 5.23. The summed E-state index contributed by atoms with van der Waals surface area (Å²) in [5.41, 5.74) is 6.04. The van der Waals surface area contributed by atoms with Crippen molar-refractivity contribution in [3.8, 4) is 0 Å². The van der Waals surface area contributed by atoms with Crippen LogP contribution in [0.5, 0.6) is 0 Å². The highest BCUT2D eigenvalue weighted by molar-refractivity contribution is 7.99. The third-order valence-electron chi connectivity index (χ3n) is 2.47. The van der Waals surface area contributed by atoms with Crippen LogP contribution in [0.3, 0.4) is 0 Å². The molecule has 0 aliphatic carbocycles. The number of rotatable bonds is 5. The molecule has 0 amide bonds. The van der Waals surface area contributed by atoms with Crippen LogP contribution in [-0.2, 0) is 0 Å². The van der Waals surface area contributed by atoms with Crippen molar-refractivity contribution < 1.29 is 0 Å². The largest absolute Gasteiger partial charge is 0.327 e. The molecule has 2 nitrogen and oxygen atoms in total. The number of thioether (sulfide) groups is 1. The predicted octanol–water partition coefficient (Wildman–Crippen LogP) is 2.55. The lowest BCUT2D eigenvalue weighted by Crippen LogP contribution is -2.30. The van der Waals surface area contributed by atoms with Crippen molar-refractivity contribution in [3.63, 3.8) is 0 Å². The van der Waals surface area contributed by atoms with Gasteiger partial charge in [0.15, 0.2) is 0 Å². The molecule has 14 heavy (non-hydrogen) atoms. The van der Waals surface area contributed by atoms with Crippen LogP contribution in [0.1, 0.15) is 20.3 Å². The highest BCUT2D eigenvalue weighted by atomic mass is 32.2. The second-order valence-corrected chi connectivity index (χ2v) is 4.64. The van der Waals surface area contributed by atoms with Crippen LogP contribution in [-0.4, -0.2) is 16.8 Å². The third-order valence-corrected chi connectivity index (χ3v) is 3.62. The quantitative estimate of drug-likeness (QED) is 0.759. The van der Waals surface area contributed by atoms with Gasteiger partial charge in [-0.25, -0.2) is 0 Å². The lowest BCUT2D eigenvalue weighted by molar-refractivity contribution is 0.475. The summed E-state index contributed by atoms with van der Waals surface area (Å²) in [6.07, 6.45) is 4.78. The van der Waals surface area contributed by atoms with Gasteiger partial charge >= 0.3 is 0 Å². The van der Waals surface area contributed by atoms with E-state index in [2.05, 4.69) is 18.8 Å². The van der Waals surface area contributed by atoms with E-state index in [1.165, 1.54) is 4.90 Å². The first kappa shape index (κ1) is 11.5. The van der Waals surface area contributed by atoms with E-state index >= 15 is 0 Å². The molecular weight excluding hydrogens is 192 g/mol. The van der Waals surface area contributed by atoms with Gasteiger partial charge < -0.3 is 5.73 Å². The molecule has 0 aliphatic rings. The van der Waals surface area contributed by atoms with Crippen molar-refractivity contribution in [2.75, 3.05) is 5.75 Å². The molecule has 0 bridgehead atoms. The zero-order chi connectivity index (χ0) is 10.4. The molecule has 2 N–H and O–H groups in total. The van der Waals surface area contributed by atoms with Crippen LogP contribution in [0, 0.1) is 5.92 Å². The van der Waals surface area contributed by atoms with Crippen LogP contribution in [0.25, 0.3) is 0 Å². The fraction of sp³-hybridized carbons (Fsp3) is 0.545. The highest BCUT2D eigenvalue weighted by Gasteiger charge is 2.10. The van der Waals surface area contributed by atoms with Gasteiger partial charge in [-0.3, -0.25) is 4.98 Å². The molecule has 3 heteroatoms. The average molecular weight is 210 g/mol. The maximum Gasteiger partial charge on any atom is 0.0278 e. The van der Waals surface area contributed by atoms with Crippen LogP contribution in [0.15, 0.2) is 29.4 Å². The van der Waals surface area contributed by atoms with Gasteiger partial charge in [-0.15, -0.1) is 11.8 Å². The van der Waals surface area contributed by atoms with E-state index in [1.807, 2.05) is 36.3 Å². The van der Waals surface area contributed by atoms with Crippen LogP contribution in [0.4, 0.5) is 0 Å². The lowest BCUT2D eigenvalue weighted by atomic mass is 10.0. The van der Waals surface area contributed by atoms with Gasteiger partial charge in [0.05, 0.1) is 0 Å². The third kappa shape index (κ3) is 3.68. The average Bonchev–Trinajstić information content (AvgIpc) is 2.26. The normalized spacial score (nSPS) is 15.1. The van der Waals surface area contributed by atoms with Crippen molar-refractivity contribution >= 4 is 11.8 Å². The van der Waals surface area contributed by atoms with E-state index in [-0.39, 0.29) is 6.04 Å². The molecule has 1 aromatic rings. The zero-order valence-corrected chi connectivity index (χ0v) is 9.63. The Kier molecular flexibility index (Phi) is 4.98. The van der Waals surface area contributed by atoms with E-state index < -0.39 is 0 Å². The summed E-state index contributed by atoms with van der Waals surface area (Å²) in [6.45, 7) is 4.39. The Bertz CT molecular complexity index is 251. The molecule has 0 saturated carbocycles. The lowest BCUT2D eigenvalue weighted by Gasteiger charge is -2.17. The Hall–Kier alpha value is -0.540. The Morgan fingerprint density at radius 1 is 1.43 bits per heavy atom. The maximum atomic E-state index is 6.04. The Morgan fingerprint density at radius 2 is 2.07 bits per heavy atom. The maximum absolute atomic E-state index is 6.04. The zero-order valence-electron chi connectivity index (χ0n) is 8.81. The Morgan fingerprint density at radius 3 is 2.64 bits per heavy atom. The molecule has 78 valence electrons. The fourth-order valence-corrected chi connectivity index (χ4v) is 2.12. The molecule has 1 aromatic heterocycles. The number of nitrogens with two attached hydrogens (primary N) is 1. The van der Waals surface area contributed by atoms with Crippen molar-refractivity contribution in [2.24, 2.45) is 11.7 Å². The van der Waals surface area contributed by atoms with Gasteiger partial charge in [0.2, 0.25) is 0 Å². The first-order chi connectivity index (χ1) is 6.74. The molecular formula is C11H18N2S. The minimum absolute atomic E-state index is 0.290. The molecule has 2 unspecified atom stereocenters. The van der Waals surface area contributed by atoms with Gasteiger partial charge in [0.25, 0.3) is 0 Å². The number of pyridine rings is 1. The van der Waals surface area contributed by atoms with E-state index in [0.29, 0.717) is 5.92 Å². The summed E-state index contributed by atoms with van der Waals surface area (Å²) in [5, 5.41) is 0. The molecule has 0 spiro atoms. The van der Waals surface area contributed by atoms with Gasteiger partial charge in [0, 0.05) is 29.1 Å². The summed E-state index contributed by atoms with van der Waals surface area (Å²) >= 11 is 1.81. The highest BCUT2D eigenvalue weighted by Crippen LogP contribution is 2.19. The summed E-state index contributed by atoms with van der Waals surface area (Å²) in [7, 11) is 0. The minimum atomic E-state index is 0.290. The smallest absolute Gasteiger partial charge is 0.0278 e. The monoisotopic (exact) mass is 210 g/mol. The summed E-state index contributed by atoms with van der Waals surface area (Å²) in [6, 6.07) is 4.33. The van der Waals surface area contributed by atoms with Gasteiger partial charge in [-0.1, -0.05) is 20.3 Å². The van der Waals surface area contributed by atoms with Crippen molar-refractivity contribution in [3.05, 3.63) is 24.5 Å². The molecule has 0 saturated heterocycles. The number of hydrogen-bond acceptors (Lipinski definition) is 3.